The van der Waals surface area contributed by atoms with Crippen LogP contribution < -0.4 is 0 Å². The number of carboxylic acids is 1. The molecule has 0 bridgehead atoms. The predicted octanol–water partition coefficient (Wildman–Crippen LogP) is 0.800. The van der Waals surface area contributed by atoms with Gasteiger partial charge in [0.15, 0.2) is 5.16 Å². The molecular weight excluding hydrogens is 230 g/mol. The lowest BCUT2D eigenvalue weighted by molar-refractivity contribution is -0.133. The molecule has 1 rings (SSSR count). The Morgan fingerprint density at radius 2 is 2.31 bits per heavy atom. The van der Waals surface area contributed by atoms with Crippen LogP contribution >= 0.6 is 11.8 Å². The molecule has 1 aromatic heterocycles. The summed E-state index contributed by atoms with van der Waals surface area (Å²) >= 11 is 1.17. The summed E-state index contributed by atoms with van der Waals surface area (Å²) in [6, 6.07) is 0. The SMILES string of the molecule is CCOCCn1c(C)nnc1SCC(=O)O. The molecule has 0 aliphatic heterocycles. The highest BCUT2D eigenvalue weighted by Crippen LogP contribution is 2.16. The van der Waals surface area contributed by atoms with E-state index in [4.69, 9.17) is 9.84 Å². The predicted molar refractivity (Wildman–Crippen MR) is 59.6 cm³/mol. The first-order valence-corrected chi connectivity index (χ1v) is 5.95. The normalized spacial score (nSPS) is 10.6. The molecule has 0 amide bonds. The van der Waals surface area contributed by atoms with Gasteiger partial charge in [0.2, 0.25) is 0 Å². The number of aryl methyl sites for hydroxylation is 1. The van der Waals surface area contributed by atoms with Gasteiger partial charge in [0, 0.05) is 13.2 Å². The standard InChI is InChI=1S/C9H15N3O3S/c1-3-15-5-4-12-7(2)10-11-9(12)16-6-8(13)14/h3-6H2,1-2H3,(H,13,14). The number of nitrogens with zero attached hydrogens (tertiary/aromatic N) is 3. The van der Waals surface area contributed by atoms with Crippen molar-refractivity contribution in [1.82, 2.24) is 14.8 Å². The van der Waals surface area contributed by atoms with Crippen LogP contribution in [0.2, 0.25) is 0 Å². The van der Waals surface area contributed by atoms with Crippen molar-refractivity contribution in [2.75, 3.05) is 19.0 Å². The third-order valence-corrected chi connectivity index (χ3v) is 2.84. The van der Waals surface area contributed by atoms with Gasteiger partial charge in [-0.2, -0.15) is 0 Å². The molecule has 0 aromatic carbocycles. The highest BCUT2D eigenvalue weighted by Gasteiger charge is 2.10. The third kappa shape index (κ3) is 3.82. The molecule has 90 valence electrons. The van der Waals surface area contributed by atoms with E-state index in [1.54, 1.807) is 0 Å². The van der Waals surface area contributed by atoms with Gasteiger partial charge in [0.1, 0.15) is 5.82 Å². The maximum Gasteiger partial charge on any atom is 0.313 e. The fourth-order valence-electron chi connectivity index (χ4n) is 1.15. The number of rotatable bonds is 7. The number of aromatic nitrogens is 3. The second-order valence-corrected chi connectivity index (χ2v) is 4.00. The summed E-state index contributed by atoms with van der Waals surface area (Å²) in [5.74, 6) is -0.0955. The van der Waals surface area contributed by atoms with Gasteiger partial charge in [-0.1, -0.05) is 11.8 Å². The number of carbonyl (C=O) groups is 1. The van der Waals surface area contributed by atoms with E-state index in [1.807, 2.05) is 18.4 Å². The number of aliphatic carboxylic acids is 1. The van der Waals surface area contributed by atoms with Crippen LogP contribution in [0.1, 0.15) is 12.7 Å². The molecule has 0 unspecified atom stereocenters. The van der Waals surface area contributed by atoms with Crippen LogP contribution in [0.4, 0.5) is 0 Å². The number of thioether (sulfide) groups is 1. The van der Waals surface area contributed by atoms with E-state index in [-0.39, 0.29) is 5.75 Å². The quantitative estimate of drug-likeness (QED) is 0.565. The van der Waals surface area contributed by atoms with Crippen LogP contribution in [-0.4, -0.2) is 44.8 Å². The minimum Gasteiger partial charge on any atom is -0.481 e. The van der Waals surface area contributed by atoms with Crippen LogP contribution in [0.5, 0.6) is 0 Å². The molecule has 16 heavy (non-hydrogen) atoms. The van der Waals surface area contributed by atoms with Gasteiger partial charge in [-0.15, -0.1) is 10.2 Å². The van der Waals surface area contributed by atoms with E-state index in [2.05, 4.69) is 10.2 Å². The summed E-state index contributed by atoms with van der Waals surface area (Å²) in [7, 11) is 0. The van der Waals surface area contributed by atoms with Gasteiger partial charge in [-0.3, -0.25) is 4.79 Å². The molecular formula is C9H15N3O3S. The van der Waals surface area contributed by atoms with Crippen molar-refractivity contribution < 1.29 is 14.6 Å². The van der Waals surface area contributed by atoms with Crippen LogP contribution in [0.25, 0.3) is 0 Å². The molecule has 0 aliphatic carbocycles. The maximum absolute atomic E-state index is 10.4. The maximum atomic E-state index is 10.4. The molecule has 1 heterocycles. The van der Waals surface area contributed by atoms with E-state index < -0.39 is 5.97 Å². The minimum atomic E-state index is -0.859. The first kappa shape index (κ1) is 13.0. The molecule has 0 saturated heterocycles. The minimum absolute atomic E-state index is 0.00717. The molecule has 7 heteroatoms. The van der Waals surface area contributed by atoms with Crippen molar-refractivity contribution in [2.45, 2.75) is 25.5 Å². The topological polar surface area (TPSA) is 77.2 Å². The first-order chi connectivity index (χ1) is 7.65. The van der Waals surface area contributed by atoms with Gasteiger partial charge in [-0.05, 0) is 13.8 Å². The Hall–Kier alpha value is -1.08. The van der Waals surface area contributed by atoms with Gasteiger partial charge < -0.3 is 14.4 Å². The van der Waals surface area contributed by atoms with Crippen molar-refractivity contribution in [3.05, 3.63) is 5.82 Å². The summed E-state index contributed by atoms with van der Waals surface area (Å²) < 4.78 is 7.10. The van der Waals surface area contributed by atoms with Crippen molar-refractivity contribution in [3.63, 3.8) is 0 Å². The van der Waals surface area contributed by atoms with Crippen molar-refractivity contribution >= 4 is 17.7 Å². The molecule has 6 nitrogen and oxygen atoms in total. The Morgan fingerprint density at radius 1 is 1.56 bits per heavy atom. The highest BCUT2D eigenvalue weighted by molar-refractivity contribution is 7.99. The zero-order valence-electron chi connectivity index (χ0n) is 9.34. The highest BCUT2D eigenvalue weighted by atomic mass is 32.2. The third-order valence-electron chi connectivity index (χ3n) is 1.89. The van der Waals surface area contributed by atoms with Crippen molar-refractivity contribution in [2.24, 2.45) is 0 Å². The lowest BCUT2D eigenvalue weighted by Crippen LogP contribution is -2.09. The summed E-state index contributed by atoms with van der Waals surface area (Å²) in [5, 5.41) is 17.0. The molecule has 1 aromatic rings. The van der Waals surface area contributed by atoms with Gasteiger partial charge >= 0.3 is 5.97 Å². The van der Waals surface area contributed by atoms with E-state index in [0.717, 1.165) is 5.82 Å². The molecule has 1 N–H and O–H groups in total. The van der Waals surface area contributed by atoms with Gasteiger partial charge in [0.05, 0.1) is 12.4 Å². The van der Waals surface area contributed by atoms with E-state index in [1.165, 1.54) is 11.8 Å². The average Bonchev–Trinajstić information content (AvgIpc) is 2.58. The average molecular weight is 245 g/mol. The van der Waals surface area contributed by atoms with E-state index in [9.17, 15) is 4.79 Å². The lowest BCUT2D eigenvalue weighted by atomic mass is 10.6. The second kappa shape index (κ2) is 6.49. The summed E-state index contributed by atoms with van der Waals surface area (Å²) in [6.07, 6.45) is 0. The fourth-order valence-corrected chi connectivity index (χ4v) is 1.88. The fraction of sp³-hybridized carbons (Fsp3) is 0.667. The Morgan fingerprint density at radius 3 is 2.94 bits per heavy atom. The van der Waals surface area contributed by atoms with Crippen LogP contribution in [0.15, 0.2) is 5.16 Å². The summed E-state index contributed by atoms with van der Waals surface area (Å²) in [6.45, 7) is 5.66. The zero-order chi connectivity index (χ0) is 12.0. The van der Waals surface area contributed by atoms with Crippen LogP contribution in [0, 0.1) is 6.92 Å². The van der Waals surface area contributed by atoms with Crippen LogP contribution in [-0.2, 0) is 16.1 Å². The number of carboxylic acid groups (broad SMARTS) is 1. The Labute approximate surface area is 98.0 Å². The summed E-state index contributed by atoms with van der Waals surface area (Å²) in [4.78, 5) is 10.4. The largest absolute Gasteiger partial charge is 0.481 e. The van der Waals surface area contributed by atoms with Crippen molar-refractivity contribution in [1.29, 1.82) is 0 Å². The summed E-state index contributed by atoms with van der Waals surface area (Å²) in [5.41, 5.74) is 0. The Kier molecular flexibility index (Phi) is 5.27. The molecule has 0 fully saturated rings. The molecule has 0 atom stereocenters. The molecule has 0 spiro atoms. The Balaban J connectivity index is 2.58. The lowest BCUT2D eigenvalue weighted by Gasteiger charge is -2.07. The van der Waals surface area contributed by atoms with Crippen molar-refractivity contribution in [3.8, 4) is 0 Å². The monoisotopic (exact) mass is 245 g/mol. The molecule has 0 saturated carbocycles. The Bertz CT molecular complexity index is 354. The van der Waals surface area contributed by atoms with E-state index in [0.29, 0.717) is 24.9 Å². The zero-order valence-corrected chi connectivity index (χ0v) is 10.2. The van der Waals surface area contributed by atoms with Gasteiger partial charge in [-0.25, -0.2) is 0 Å². The van der Waals surface area contributed by atoms with Crippen LogP contribution in [0.3, 0.4) is 0 Å². The first-order valence-electron chi connectivity index (χ1n) is 4.97. The number of ether oxygens (including phenoxy) is 1. The molecule has 0 aliphatic rings. The second-order valence-electron chi connectivity index (χ2n) is 3.06. The number of hydrogen-bond acceptors (Lipinski definition) is 5. The van der Waals surface area contributed by atoms with Gasteiger partial charge in [0.25, 0.3) is 0 Å². The smallest absolute Gasteiger partial charge is 0.313 e. The molecule has 0 radical (unpaired) electrons. The number of hydrogen-bond donors (Lipinski definition) is 1. The van der Waals surface area contributed by atoms with E-state index >= 15 is 0 Å².